The molecule has 0 radical (unpaired) electrons. The molecule has 1 unspecified atom stereocenters. The summed E-state index contributed by atoms with van der Waals surface area (Å²) in [6.07, 6.45) is 1.86. The Labute approximate surface area is 97.7 Å². The molecule has 88 valence electrons. The maximum atomic E-state index is 10.7. The van der Waals surface area contributed by atoms with Gasteiger partial charge >= 0.3 is 0 Å². The average Bonchev–Trinajstić information content (AvgIpc) is 2.26. The van der Waals surface area contributed by atoms with Crippen molar-refractivity contribution in [1.29, 1.82) is 0 Å². The zero-order valence-electron chi connectivity index (χ0n) is 10.4. The first-order chi connectivity index (χ1) is 7.49. The fraction of sp³-hybridized carbons (Fsp3) is 0.571. The minimum Gasteiger partial charge on any atom is -0.384 e. The van der Waals surface area contributed by atoms with Gasteiger partial charge in [-0.3, -0.25) is 0 Å². The van der Waals surface area contributed by atoms with E-state index < -0.39 is 5.60 Å². The van der Waals surface area contributed by atoms with Gasteiger partial charge in [-0.05, 0) is 36.4 Å². The van der Waals surface area contributed by atoms with E-state index in [1.54, 1.807) is 0 Å². The fourth-order valence-corrected chi connectivity index (χ4v) is 2.74. The lowest BCUT2D eigenvalue weighted by atomic mass is 9.67. The second-order valence-corrected chi connectivity index (χ2v) is 5.49. The fourth-order valence-electron chi connectivity index (χ4n) is 2.74. The van der Waals surface area contributed by atoms with Crippen molar-refractivity contribution in [1.82, 2.24) is 5.32 Å². The zero-order chi connectivity index (χ0) is 11.8. The largest absolute Gasteiger partial charge is 0.384 e. The van der Waals surface area contributed by atoms with Gasteiger partial charge in [0.25, 0.3) is 0 Å². The van der Waals surface area contributed by atoms with E-state index in [0.29, 0.717) is 6.54 Å². The van der Waals surface area contributed by atoms with Crippen LogP contribution in [0.5, 0.6) is 0 Å². The van der Waals surface area contributed by atoms with Crippen LogP contribution in [0.4, 0.5) is 0 Å². The smallest absolute Gasteiger partial charge is 0.102 e. The van der Waals surface area contributed by atoms with E-state index in [0.717, 1.165) is 18.4 Å². The summed E-state index contributed by atoms with van der Waals surface area (Å²) < 4.78 is 0. The summed E-state index contributed by atoms with van der Waals surface area (Å²) in [5.41, 5.74) is 1.87. The van der Waals surface area contributed by atoms with Crippen LogP contribution in [0.3, 0.4) is 0 Å². The number of nitrogens with one attached hydrogen (secondary N) is 1. The zero-order valence-corrected chi connectivity index (χ0v) is 10.4. The Morgan fingerprint density at radius 1 is 1.19 bits per heavy atom. The summed E-state index contributed by atoms with van der Waals surface area (Å²) in [6.45, 7) is 5.13. The lowest BCUT2D eigenvalue weighted by Crippen LogP contribution is -2.43. The molecule has 0 bridgehead atoms. The number of aliphatic hydroxyl groups is 1. The van der Waals surface area contributed by atoms with Gasteiger partial charge in [-0.2, -0.15) is 0 Å². The number of rotatable bonds is 2. The maximum Gasteiger partial charge on any atom is 0.102 e. The van der Waals surface area contributed by atoms with Crippen LogP contribution in [-0.2, 0) is 11.0 Å². The molecule has 0 fully saturated rings. The molecule has 1 atom stereocenters. The average molecular weight is 219 g/mol. The number of fused-ring (bicyclic) bond motifs is 1. The summed E-state index contributed by atoms with van der Waals surface area (Å²) in [4.78, 5) is 0. The van der Waals surface area contributed by atoms with Gasteiger partial charge in [0.05, 0.1) is 0 Å². The molecule has 0 spiro atoms. The summed E-state index contributed by atoms with van der Waals surface area (Å²) in [5, 5.41) is 13.8. The van der Waals surface area contributed by atoms with Gasteiger partial charge in [0.1, 0.15) is 5.60 Å². The molecule has 1 aliphatic rings. The predicted octanol–water partition coefficient (Wildman–Crippen LogP) is 2.17. The van der Waals surface area contributed by atoms with Crippen LogP contribution in [0.15, 0.2) is 24.3 Å². The van der Waals surface area contributed by atoms with Gasteiger partial charge in [-0.25, -0.2) is 0 Å². The molecule has 2 heteroatoms. The Bertz CT molecular complexity index is 386. The van der Waals surface area contributed by atoms with Crippen molar-refractivity contribution < 1.29 is 5.11 Å². The molecule has 1 aromatic rings. The van der Waals surface area contributed by atoms with Gasteiger partial charge in [0.2, 0.25) is 0 Å². The lowest BCUT2D eigenvalue weighted by Gasteiger charge is -2.42. The molecule has 2 rings (SSSR count). The Morgan fingerprint density at radius 3 is 2.44 bits per heavy atom. The van der Waals surface area contributed by atoms with Crippen molar-refractivity contribution >= 4 is 0 Å². The number of likely N-dealkylation sites (N-methyl/N-ethyl adjacent to an activating group) is 1. The maximum absolute atomic E-state index is 10.7. The first-order valence-electron chi connectivity index (χ1n) is 5.97. The Kier molecular flexibility index (Phi) is 2.81. The minimum atomic E-state index is -0.694. The van der Waals surface area contributed by atoms with Crippen molar-refractivity contribution in [2.24, 2.45) is 0 Å². The molecule has 0 saturated carbocycles. The second kappa shape index (κ2) is 3.86. The first-order valence-corrected chi connectivity index (χ1v) is 5.97. The molecule has 0 aliphatic heterocycles. The van der Waals surface area contributed by atoms with Gasteiger partial charge in [0, 0.05) is 6.54 Å². The Balaban J connectivity index is 2.51. The molecule has 2 N–H and O–H groups in total. The molecule has 0 amide bonds. The third-order valence-corrected chi connectivity index (χ3v) is 3.79. The van der Waals surface area contributed by atoms with Crippen LogP contribution in [0.25, 0.3) is 0 Å². The van der Waals surface area contributed by atoms with Crippen molar-refractivity contribution in [3.8, 4) is 0 Å². The molecule has 0 heterocycles. The van der Waals surface area contributed by atoms with Crippen molar-refractivity contribution in [3.63, 3.8) is 0 Å². The van der Waals surface area contributed by atoms with E-state index in [4.69, 9.17) is 0 Å². The van der Waals surface area contributed by atoms with Crippen molar-refractivity contribution in [2.45, 2.75) is 37.7 Å². The highest BCUT2D eigenvalue weighted by Gasteiger charge is 2.40. The van der Waals surface area contributed by atoms with Crippen LogP contribution in [0.2, 0.25) is 0 Å². The standard InChI is InChI=1S/C14H21NO/c1-13(2)8-9-14(16,10-15-3)12-7-5-4-6-11(12)13/h4-7,15-16H,8-10H2,1-3H3. The molecule has 0 saturated heterocycles. The topological polar surface area (TPSA) is 32.3 Å². The highest BCUT2D eigenvalue weighted by atomic mass is 16.3. The normalized spacial score (nSPS) is 27.5. The Hall–Kier alpha value is -0.860. The molecule has 2 nitrogen and oxygen atoms in total. The van der Waals surface area contributed by atoms with Crippen LogP contribution in [-0.4, -0.2) is 18.7 Å². The molecule has 16 heavy (non-hydrogen) atoms. The molecule has 1 aromatic carbocycles. The number of benzene rings is 1. The van der Waals surface area contributed by atoms with Gasteiger partial charge in [0.15, 0.2) is 0 Å². The monoisotopic (exact) mass is 219 g/mol. The first kappa shape index (κ1) is 11.6. The minimum absolute atomic E-state index is 0.177. The molecular formula is C14H21NO. The van der Waals surface area contributed by atoms with E-state index in [1.165, 1.54) is 5.56 Å². The molecule has 1 aliphatic carbocycles. The van der Waals surface area contributed by atoms with E-state index in [2.05, 4.69) is 37.4 Å². The summed E-state index contributed by atoms with van der Waals surface area (Å²) in [6, 6.07) is 8.29. The van der Waals surface area contributed by atoms with E-state index in [1.807, 2.05) is 13.1 Å². The highest BCUT2D eigenvalue weighted by molar-refractivity contribution is 5.40. The van der Waals surface area contributed by atoms with Crippen LogP contribution in [0, 0.1) is 0 Å². The van der Waals surface area contributed by atoms with E-state index in [-0.39, 0.29) is 5.41 Å². The SMILES string of the molecule is CNCC1(O)CCC(C)(C)c2ccccc21. The predicted molar refractivity (Wildman–Crippen MR) is 66.5 cm³/mol. The third kappa shape index (κ3) is 1.76. The molecular weight excluding hydrogens is 198 g/mol. The number of hydrogen-bond donors (Lipinski definition) is 2. The Morgan fingerprint density at radius 2 is 1.81 bits per heavy atom. The number of hydrogen-bond acceptors (Lipinski definition) is 2. The van der Waals surface area contributed by atoms with Gasteiger partial charge in [-0.15, -0.1) is 0 Å². The van der Waals surface area contributed by atoms with Gasteiger partial charge in [-0.1, -0.05) is 38.1 Å². The highest BCUT2D eigenvalue weighted by Crippen LogP contribution is 2.44. The second-order valence-electron chi connectivity index (χ2n) is 5.49. The van der Waals surface area contributed by atoms with Gasteiger partial charge < -0.3 is 10.4 Å². The van der Waals surface area contributed by atoms with E-state index >= 15 is 0 Å². The third-order valence-electron chi connectivity index (χ3n) is 3.79. The summed E-state index contributed by atoms with van der Waals surface area (Å²) in [5.74, 6) is 0. The summed E-state index contributed by atoms with van der Waals surface area (Å²) >= 11 is 0. The molecule has 0 aromatic heterocycles. The van der Waals surface area contributed by atoms with Crippen LogP contribution >= 0.6 is 0 Å². The quantitative estimate of drug-likeness (QED) is 0.799. The van der Waals surface area contributed by atoms with Crippen molar-refractivity contribution in [3.05, 3.63) is 35.4 Å². The van der Waals surface area contributed by atoms with Crippen LogP contribution in [0.1, 0.15) is 37.8 Å². The summed E-state index contributed by atoms with van der Waals surface area (Å²) in [7, 11) is 1.89. The van der Waals surface area contributed by atoms with Crippen molar-refractivity contribution in [2.75, 3.05) is 13.6 Å². The van der Waals surface area contributed by atoms with E-state index in [9.17, 15) is 5.11 Å². The van der Waals surface area contributed by atoms with Crippen LogP contribution < -0.4 is 5.32 Å². The lowest BCUT2D eigenvalue weighted by molar-refractivity contribution is 0.0111.